The highest BCUT2D eigenvalue weighted by Gasteiger charge is 2.17. The summed E-state index contributed by atoms with van der Waals surface area (Å²) < 4.78 is 0. The fourth-order valence-corrected chi connectivity index (χ4v) is 1.84. The molecule has 3 nitrogen and oxygen atoms in total. The SMILES string of the molecule is CC(C)C(C)C(=O)NCC[C@H]1CCCN1. The van der Waals surface area contributed by atoms with E-state index in [-0.39, 0.29) is 11.8 Å². The van der Waals surface area contributed by atoms with E-state index in [4.69, 9.17) is 0 Å². The molecule has 1 unspecified atom stereocenters. The maximum atomic E-state index is 11.6. The average Bonchev–Trinajstić information content (AvgIpc) is 2.69. The molecule has 0 saturated carbocycles. The number of nitrogens with one attached hydrogen (secondary N) is 2. The molecule has 1 saturated heterocycles. The smallest absolute Gasteiger partial charge is 0.223 e. The van der Waals surface area contributed by atoms with Gasteiger partial charge in [0.1, 0.15) is 0 Å². The number of amides is 1. The van der Waals surface area contributed by atoms with Crippen LogP contribution in [-0.4, -0.2) is 25.0 Å². The topological polar surface area (TPSA) is 41.1 Å². The lowest BCUT2D eigenvalue weighted by atomic mass is 9.97. The van der Waals surface area contributed by atoms with Crippen LogP contribution in [-0.2, 0) is 4.79 Å². The lowest BCUT2D eigenvalue weighted by Gasteiger charge is -2.16. The van der Waals surface area contributed by atoms with Crippen LogP contribution in [0.25, 0.3) is 0 Å². The molecule has 0 spiro atoms. The summed E-state index contributed by atoms with van der Waals surface area (Å²) in [5.41, 5.74) is 0. The van der Waals surface area contributed by atoms with Gasteiger partial charge < -0.3 is 10.6 Å². The fourth-order valence-electron chi connectivity index (χ4n) is 1.84. The van der Waals surface area contributed by atoms with Crippen molar-refractivity contribution in [1.82, 2.24) is 10.6 Å². The minimum Gasteiger partial charge on any atom is -0.356 e. The Bertz CT molecular complexity index is 198. The highest BCUT2D eigenvalue weighted by Crippen LogP contribution is 2.10. The number of carbonyl (C=O) groups is 1. The highest BCUT2D eigenvalue weighted by molar-refractivity contribution is 5.78. The van der Waals surface area contributed by atoms with E-state index < -0.39 is 0 Å². The van der Waals surface area contributed by atoms with Gasteiger partial charge in [-0.25, -0.2) is 0 Å². The molecule has 1 heterocycles. The van der Waals surface area contributed by atoms with Crippen molar-refractivity contribution in [1.29, 1.82) is 0 Å². The quantitative estimate of drug-likeness (QED) is 0.726. The van der Waals surface area contributed by atoms with Crippen LogP contribution in [0.1, 0.15) is 40.0 Å². The molecule has 88 valence electrons. The molecule has 0 aromatic rings. The van der Waals surface area contributed by atoms with E-state index in [1.54, 1.807) is 0 Å². The summed E-state index contributed by atoms with van der Waals surface area (Å²) in [6.45, 7) is 8.12. The molecule has 1 aliphatic rings. The zero-order valence-electron chi connectivity index (χ0n) is 10.2. The van der Waals surface area contributed by atoms with Crippen molar-refractivity contribution in [2.75, 3.05) is 13.1 Å². The van der Waals surface area contributed by atoms with Gasteiger partial charge in [0.15, 0.2) is 0 Å². The summed E-state index contributed by atoms with van der Waals surface area (Å²) in [7, 11) is 0. The molecule has 15 heavy (non-hydrogen) atoms. The van der Waals surface area contributed by atoms with E-state index in [0.29, 0.717) is 12.0 Å². The van der Waals surface area contributed by atoms with Crippen molar-refractivity contribution in [3.05, 3.63) is 0 Å². The Kier molecular flexibility index (Phi) is 5.09. The Balaban J connectivity index is 2.11. The lowest BCUT2D eigenvalue weighted by Crippen LogP contribution is -2.35. The third-order valence-electron chi connectivity index (χ3n) is 3.37. The van der Waals surface area contributed by atoms with Gasteiger partial charge in [0.25, 0.3) is 0 Å². The number of rotatable bonds is 5. The molecule has 0 aliphatic carbocycles. The predicted molar refractivity (Wildman–Crippen MR) is 62.7 cm³/mol. The summed E-state index contributed by atoms with van der Waals surface area (Å²) in [5, 5.41) is 6.44. The summed E-state index contributed by atoms with van der Waals surface area (Å²) in [4.78, 5) is 11.6. The first-order valence-corrected chi connectivity index (χ1v) is 6.12. The molecule has 1 amide bonds. The second kappa shape index (κ2) is 6.11. The first-order valence-electron chi connectivity index (χ1n) is 6.12. The van der Waals surface area contributed by atoms with Gasteiger partial charge in [-0.2, -0.15) is 0 Å². The van der Waals surface area contributed by atoms with Gasteiger partial charge in [-0.3, -0.25) is 4.79 Å². The number of carbonyl (C=O) groups excluding carboxylic acids is 1. The van der Waals surface area contributed by atoms with Crippen LogP contribution in [0.2, 0.25) is 0 Å². The molecule has 2 N–H and O–H groups in total. The van der Waals surface area contributed by atoms with Gasteiger partial charge >= 0.3 is 0 Å². The van der Waals surface area contributed by atoms with E-state index >= 15 is 0 Å². The van der Waals surface area contributed by atoms with Crippen LogP contribution in [0.15, 0.2) is 0 Å². The molecule has 3 heteroatoms. The Labute approximate surface area is 93.0 Å². The highest BCUT2D eigenvalue weighted by atomic mass is 16.1. The van der Waals surface area contributed by atoms with Crippen LogP contribution < -0.4 is 10.6 Å². The fraction of sp³-hybridized carbons (Fsp3) is 0.917. The van der Waals surface area contributed by atoms with Gasteiger partial charge in [0.05, 0.1) is 0 Å². The minimum absolute atomic E-state index is 0.126. The molecule has 0 radical (unpaired) electrons. The molecular weight excluding hydrogens is 188 g/mol. The Morgan fingerprint density at radius 1 is 1.47 bits per heavy atom. The molecule has 0 aromatic carbocycles. The van der Waals surface area contributed by atoms with Crippen molar-refractivity contribution in [3.63, 3.8) is 0 Å². The summed E-state index contributed by atoms with van der Waals surface area (Å²) in [6, 6.07) is 0.625. The zero-order chi connectivity index (χ0) is 11.3. The third kappa shape index (κ3) is 4.20. The van der Waals surface area contributed by atoms with Crippen LogP contribution in [0, 0.1) is 11.8 Å². The van der Waals surface area contributed by atoms with E-state index in [1.165, 1.54) is 12.8 Å². The Hall–Kier alpha value is -0.570. The third-order valence-corrected chi connectivity index (χ3v) is 3.37. The molecule has 0 bridgehead atoms. The second-order valence-electron chi connectivity index (χ2n) is 4.91. The molecule has 2 atom stereocenters. The monoisotopic (exact) mass is 212 g/mol. The van der Waals surface area contributed by atoms with Crippen LogP contribution in [0.4, 0.5) is 0 Å². The maximum Gasteiger partial charge on any atom is 0.223 e. The first-order chi connectivity index (χ1) is 7.11. The largest absolute Gasteiger partial charge is 0.356 e. The average molecular weight is 212 g/mol. The number of hydrogen-bond donors (Lipinski definition) is 2. The van der Waals surface area contributed by atoms with E-state index in [9.17, 15) is 4.79 Å². The van der Waals surface area contributed by atoms with Crippen molar-refractivity contribution in [2.45, 2.75) is 46.1 Å². The summed E-state index contributed by atoms with van der Waals surface area (Å²) >= 11 is 0. The molecule has 1 fully saturated rings. The molecule has 0 aromatic heterocycles. The van der Waals surface area contributed by atoms with E-state index in [0.717, 1.165) is 19.5 Å². The van der Waals surface area contributed by atoms with Crippen LogP contribution in [0.5, 0.6) is 0 Å². The van der Waals surface area contributed by atoms with Crippen LogP contribution >= 0.6 is 0 Å². The molecule has 1 aliphatic heterocycles. The maximum absolute atomic E-state index is 11.6. The normalized spacial score (nSPS) is 23.1. The standard InChI is InChI=1S/C12H24N2O/c1-9(2)10(3)12(15)14-8-6-11-5-4-7-13-11/h9-11,13H,4-8H2,1-3H3,(H,14,15)/t10?,11-/m1/s1. The van der Waals surface area contributed by atoms with E-state index in [2.05, 4.69) is 24.5 Å². The summed E-state index contributed by atoms with van der Waals surface area (Å²) in [6.07, 6.45) is 3.60. The van der Waals surface area contributed by atoms with Crippen molar-refractivity contribution < 1.29 is 4.79 Å². The van der Waals surface area contributed by atoms with Crippen molar-refractivity contribution in [3.8, 4) is 0 Å². The molecule has 1 rings (SSSR count). The van der Waals surface area contributed by atoms with Gasteiger partial charge in [-0.05, 0) is 31.7 Å². The van der Waals surface area contributed by atoms with Gasteiger partial charge in [0, 0.05) is 18.5 Å². The van der Waals surface area contributed by atoms with Crippen molar-refractivity contribution in [2.24, 2.45) is 11.8 Å². The van der Waals surface area contributed by atoms with Gasteiger partial charge in [-0.1, -0.05) is 20.8 Å². The minimum atomic E-state index is 0.126. The molecular formula is C12H24N2O. The van der Waals surface area contributed by atoms with Crippen LogP contribution in [0.3, 0.4) is 0 Å². The van der Waals surface area contributed by atoms with Crippen molar-refractivity contribution >= 4 is 5.91 Å². The summed E-state index contributed by atoms with van der Waals surface area (Å²) in [5.74, 6) is 0.749. The predicted octanol–water partition coefficient (Wildman–Crippen LogP) is 1.54. The first kappa shape index (κ1) is 12.5. The second-order valence-corrected chi connectivity index (χ2v) is 4.91. The van der Waals surface area contributed by atoms with E-state index in [1.807, 2.05) is 6.92 Å². The Morgan fingerprint density at radius 3 is 2.73 bits per heavy atom. The zero-order valence-corrected chi connectivity index (χ0v) is 10.2. The van der Waals surface area contributed by atoms with Gasteiger partial charge in [0.2, 0.25) is 5.91 Å². The lowest BCUT2D eigenvalue weighted by molar-refractivity contribution is -0.125. The van der Waals surface area contributed by atoms with Gasteiger partial charge in [-0.15, -0.1) is 0 Å². The Morgan fingerprint density at radius 2 is 2.20 bits per heavy atom. The number of hydrogen-bond acceptors (Lipinski definition) is 2.